The minimum Gasteiger partial charge on any atom is -0.310 e. The Morgan fingerprint density at radius 3 is 2.16 bits per heavy atom. The highest BCUT2D eigenvalue weighted by Gasteiger charge is 2.36. The summed E-state index contributed by atoms with van der Waals surface area (Å²) < 4.78 is 0. The van der Waals surface area contributed by atoms with Gasteiger partial charge < -0.3 is 4.90 Å². The Balaban J connectivity index is 1.74. The molecule has 0 aliphatic heterocycles. The topological polar surface area (TPSA) is 3.24 Å². The fraction of sp³-hybridized carbons (Fsp3) is 0.222. The van der Waals surface area contributed by atoms with Crippen molar-refractivity contribution in [2.24, 2.45) is 0 Å². The summed E-state index contributed by atoms with van der Waals surface area (Å²) in [6.07, 6.45) is 8.47. The van der Waals surface area contributed by atoms with Crippen molar-refractivity contribution in [2.45, 2.75) is 52.9 Å². The molecule has 4 aromatic carbocycles. The van der Waals surface area contributed by atoms with E-state index in [1.54, 1.807) is 0 Å². The predicted molar refractivity (Wildman–Crippen MR) is 162 cm³/mol. The molecule has 0 N–H and O–H groups in total. The first-order valence-electron chi connectivity index (χ1n) is 13.5. The van der Waals surface area contributed by atoms with Gasteiger partial charge in [0.15, 0.2) is 0 Å². The van der Waals surface area contributed by atoms with Crippen molar-refractivity contribution in [1.82, 2.24) is 0 Å². The summed E-state index contributed by atoms with van der Waals surface area (Å²) in [6, 6.07) is 29.3. The van der Waals surface area contributed by atoms with E-state index in [2.05, 4.69) is 137 Å². The third kappa shape index (κ3) is 4.33. The lowest BCUT2D eigenvalue weighted by Crippen LogP contribution is -2.17. The molecular weight excluding hydrogens is 446 g/mol. The Labute approximate surface area is 222 Å². The van der Waals surface area contributed by atoms with Gasteiger partial charge in [-0.15, -0.1) is 0 Å². The van der Waals surface area contributed by atoms with Crippen molar-refractivity contribution >= 4 is 29.2 Å². The van der Waals surface area contributed by atoms with Crippen LogP contribution in [0.15, 0.2) is 91.5 Å². The summed E-state index contributed by atoms with van der Waals surface area (Å²) in [4.78, 5) is 2.42. The highest BCUT2D eigenvalue weighted by atomic mass is 15.1. The number of nitrogens with zero attached hydrogens (tertiary/aromatic N) is 1. The maximum atomic E-state index is 3.95. The average Bonchev–Trinajstić information content (AvgIpc) is 3.14. The smallest absolute Gasteiger partial charge is 0.0536 e. The molecule has 37 heavy (non-hydrogen) atoms. The standard InChI is InChI=1S/C36H37N/c1-7-10-13-30-27(9-3)12-11-14-35(30)37(28-18-16-26(8-2)17-19-28)29-20-22-32-31-21-15-25(4)23-33(31)36(5,6)34(32)24-29/h8,10-24H,2,7,9H2,1,3-6H3. The average molecular weight is 484 g/mol. The third-order valence-corrected chi connectivity index (χ3v) is 7.78. The van der Waals surface area contributed by atoms with Crippen molar-refractivity contribution in [3.05, 3.63) is 125 Å². The van der Waals surface area contributed by atoms with Crippen molar-refractivity contribution in [1.29, 1.82) is 0 Å². The minimum atomic E-state index is -0.0543. The molecule has 5 rings (SSSR count). The fourth-order valence-electron chi connectivity index (χ4n) is 5.70. The van der Waals surface area contributed by atoms with Crippen molar-refractivity contribution in [3.63, 3.8) is 0 Å². The molecule has 1 aliphatic carbocycles. The molecule has 0 fully saturated rings. The zero-order valence-corrected chi connectivity index (χ0v) is 22.8. The minimum absolute atomic E-state index is 0.0543. The number of allylic oxidation sites excluding steroid dienone is 1. The van der Waals surface area contributed by atoms with Crippen LogP contribution in [0.25, 0.3) is 23.3 Å². The molecule has 186 valence electrons. The molecule has 0 amide bonds. The van der Waals surface area contributed by atoms with Crippen LogP contribution in [0.1, 0.15) is 67.5 Å². The SMILES string of the molecule is C=Cc1ccc(N(c2ccc3c(c2)C(C)(C)c2cc(C)ccc2-3)c2cccc(CC)c2C=CCC)cc1. The largest absolute Gasteiger partial charge is 0.310 e. The molecular formula is C36H37N. The Bertz CT molecular complexity index is 1480. The van der Waals surface area contributed by atoms with E-state index >= 15 is 0 Å². The van der Waals surface area contributed by atoms with E-state index in [9.17, 15) is 0 Å². The molecule has 1 nitrogen and oxygen atoms in total. The maximum absolute atomic E-state index is 3.95. The maximum Gasteiger partial charge on any atom is 0.0536 e. The molecule has 0 bridgehead atoms. The number of hydrogen-bond donors (Lipinski definition) is 0. The highest BCUT2D eigenvalue weighted by Crippen LogP contribution is 2.51. The second kappa shape index (κ2) is 9.90. The van der Waals surface area contributed by atoms with E-state index in [0.717, 1.165) is 24.1 Å². The number of rotatable bonds is 7. The molecule has 1 heteroatoms. The van der Waals surface area contributed by atoms with Gasteiger partial charge in [0.05, 0.1) is 5.69 Å². The molecule has 4 aromatic rings. The molecule has 0 radical (unpaired) electrons. The van der Waals surface area contributed by atoms with Gasteiger partial charge >= 0.3 is 0 Å². The Morgan fingerprint density at radius 1 is 0.811 bits per heavy atom. The summed E-state index contributed by atoms with van der Waals surface area (Å²) in [7, 11) is 0. The molecule has 0 heterocycles. The summed E-state index contributed by atoms with van der Waals surface area (Å²) in [5.41, 5.74) is 14.1. The Morgan fingerprint density at radius 2 is 1.49 bits per heavy atom. The van der Waals surface area contributed by atoms with Crippen LogP contribution < -0.4 is 4.90 Å². The Kier molecular flexibility index (Phi) is 6.65. The summed E-state index contributed by atoms with van der Waals surface area (Å²) in [6.45, 7) is 15.3. The van der Waals surface area contributed by atoms with Gasteiger partial charge in [-0.1, -0.05) is 107 Å². The number of fused-ring (bicyclic) bond motifs is 3. The van der Waals surface area contributed by atoms with Crippen molar-refractivity contribution in [3.8, 4) is 11.1 Å². The van der Waals surface area contributed by atoms with Crippen LogP contribution >= 0.6 is 0 Å². The first-order valence-corrected chi connectivity index (χ1v) is 13.5. The first-order chi connectivity index (χ1) is 17.9. The molecule has 0 saturated carbocycles. The predicted octanol–water partition coefficient (Wildman–Crippen LogP) is 10.4. The molecule has 0 saturated heterocycles. The van der Waals surface area contributed by atoms with Crippen LogP contribution in [0.5, 0.6) is 0 Å². The normalized spacial score (nSPS) is 13.4. The van der Waals surface area contributed by atoms with Crippen LogP contribution in [0.4, 0.5) is 17.1 Å². The van der Waals surface area contributed by atoms with E-state index in [4.69, 9.17) is 0 Å². The first kappa shape index (κ1) is 24.8. The van der Waals surface area contributed by atoms with Gasteiger partial charge in [-0.3, -0.25) is 0 Å². The molecule has 1 aliphatic rings. The van der Waals surface area contributed by atoms with E-state index < -0.39 is 0 Å². The second-order valence-corrected chi connectivity index (χ2v) is 10.5. The van der Waals surface area contributed by atoms with Gasteiger partial charge in [0.1, 0.15) is 0 Å². The third-order valence-electron chi connectivity index (χ3n) is 7.78. The van der Waals surface area contributed by atoms with E-state index in [1.165, 1.54) is 50.3 Å². The van der Waals surface area contributed by atoms with E-state index in [-0.39, 0.29) is 5.41 Å². The van der Waals surface area contributed by atoms with Crippen molar-refractivity contribution < 1.29 is 0 Å². The van der Waals surface area contributed by atoms with E-state index in [0.29, 0.717) is 0 Å². The van der Waals surface area contributed by atoms with Gasteiger partial charge in [0.25, 0.3) is 0 Å². The van der Waals surface area contributed by atoms with Gasteiger partial charge in [-0.2, -0.15) is 0 Å². The highest BCUT2D eigenvalue weighted by molar-refractivity contribution is 5.88. The monoisotopic (exact) mass is 483 g/mol. The van der Waals surface area contributed by atoms with Gasteiger partial charge in [-0.05, 0) is 83.5 Å². The fourth-order valence-corrected chi connectivity index (χ4v) is 5.70. The van der Waals surface area contributed by atoms with Crippen LogP contribution in [0.2, 0.25) is 0 Å². The number of aryl methyl sites for hydroxylation is 2. The number of benzene rings is 4. The zero-order chi connectivity index (χ0) is 26.2. The van der Waals surface area contributed by atoms with Gasteiger partial charge in [-0.25, -0.2) is 0 Å². The molecule has 0 unspecified atom stereocenters. The van der Waals surface area contributed by atoms with Crippen molar-refractivity contribution in [2.75, 3.05) is 4.90 Å². The number of hydrogen-bond acceptors (Lipinski definition) is 1. The lowest BCUT2D eigenvalue weighted by atomic mass is 9.82. The lowest BCUT2D eigenvalue weighted by molar-refractivity contribution is 0.660. The van der Waals surface area contributed by atoms with Crippen LogP contribution in [0, 0.1) is 6.92 Å². The van der Waals surface area contributed by atoms with Crippen LogP contribution in [-0.4, -0.2) is 0 Å². The van der Waals surface area contributed by atoms with Crippen LogP contribution in [0.3, 0.4) is 0 Å². The second-order valence-electron chi connectivity index (χ2n) is 10.5. The quantitative estimate of drug-likeness (QED) is 0.253. The molecule has 0 spiro atoms. The molecule has 0 atom stereocenters. The Hall–Kier alpha value is -3.84. The summed E-state index contributed by atoms with van der Waals surface area (Å²) in [5, 5.41) is 0. The summed E-state index contributed by atoms with van der Waals surface area (Å²) in [5.74, 6) is 0. The van der Waals surface area contributed by atoms with Gasteiger partial charge in [0, 0.05) is 22.4 Å². The van der Waals surface area contributed by atoms with E-state index in [1.807, 2.05) is 6.08 Å². The van der Waals surface area contributed by atoms with Crippen LogP contribution in [-0.2, 0) is 11.8 Å². The summed E-state index contributed by atoms with van der Waals surface area (Å²) >= 11 is 0. The van der Waals surface area contributed by atoms with Gasteiger partial charge in [0.2, 0.25) is 0 Å². The molecule has 0 aromatic heterocycles. The zero-order valence-electron chi connectivity index (χ0n) is 22.8. The number of anilines is 3. The lowest BCUT2D eigenvalue weighted by Gasteiger charge is -2.30.